The van der Waals surface area contributed by atoms with Gasteiger partial charge in [-0.1, -0.05) is 54.1 Å². The fourth-order valence-electron chi connectivity index (χ4n) is 4.70. The first-order chi connectivity index (χ1) is 17.3. The van der Waals surface area contributed by atoms with Crippen molar-refractivity contribution in [2.45, 2.75) is 33.2 Å². The topological polar surface area (TPSA) is 86.7 Å². The molecular weight excluding hydrogens is 472 g/mol. The molecule has 0 aliphatic carbocycles. The minimum Gasteiger partial charge on any atom is -0.478 e. The van der Waals surface area contributed by atoms with Crippen LogP contribution in [0.15, 0.2) is 60.7 Å². The number of fused-ring (bicyclic) bond motifs is 2. The van der Waals surface area contributed by atoms with Crippen LogP contribution < -0.4 is 5.32 Å². The van der Waals surface area contributed by atoms with E-state index in [-0.39, 0.29) is 17.4 Å². The predicted octanol–water partition coefficient (Wildman–Crippen LogP) is 5.60. The average molecular weight is 499 g/mol. The number of rotatable bonds is 5. The molecule has 6 nitrogen and oxygen atoms in total. The Balaban J connectivity index is 1.37. The Morgan fingerprint density at radius 1 is 1.00 bits per heavy atom. The molecule has 0 saturated heterocycles. The van der Waals surface area contributed by atoms with E-state index in [9.17, 15) is 19.5 Å². The van der Waals surface area contributed by atoms with Gasteiger partial charge < -0.3 is 15.3 Å². The number of carbonyl (C=O) groups is 3. The van der Waals surface area contributed by atoms with Crippen LogP contribution in [0.5, 0.6) is 0 Å². The highest BCUT2D eigenvalue weighted by Crippen LogP contribution is 2.37. The summed E-state index contributed by atoms with van der Waals surface area (Å²) in [5.41, 5.74) is 4.49. The summed E-state index contributed by atoms with van der Waals surface area (Å²) in [5.74, 6) is -1.41. The van der Waals surface area contributed by atoms with Gasteiger partial charge in [0.05, 0.1) is 18.5 Å². The molecule has 5 rings (SSSR count). The van der Waals surface area contributed by atoms with E-state index in [1.807, 2.05) is 62.4 Å². The lowest BCUT2D eigenvalue weighted by molar-refractivity contribution is -0.131. The molecule has 2 amide bonds. The zero-order valence-electron chi connectivity index (χ0n) is 20.1. The van der Waals surface area contributed by atoms with Gasteiger partial charge in [0.2, 0.25) is 5.91 Å². The Hall–Kier alpha value is -3.97. The second kappa shape index (κ2) is 9.59. The molecule has 1 aliphatic rings. The number of thiophene rings is 1. The van der Waals surface area contributed by atoms with Gasteiger partial charge in [0.15, 0.2) is 0 Å². The highest BCUT2D eigenvalue weighted by atomic mass is 32.1. The number of benzene rings is 3. The molecule has 0 bridgehead atoms. The minimum absolute atomic E-state index is 0.0152. The van der Waals surface area contributed by atoms with E-state index in [1.54, 1.807) is 17.0 Å². The van der Waals surface area contributed by atoms with E-state index in [2.05, 4.69) is 5.32 Å². The Labute approximate surface area is 213 Å². The summed E-state index contributed by atoms with van der Waals surface area (Å²) in [5, 5.41) is 15.0. The lowest BCUT2D eigenvalue weighted by Crippen LogP contribution is -2.36. The van der Waals surface area contributed by atoms with E-state index in [0.717, 1.165) is 32.3 Å². The number of nitrogens with zero attached hydrogens (tertiary/aromatic N) is 1. The van der Waals surface area contributed by atoms with Gasteiger partial charge in [-0.15, -0.1) is 11.3 Å². The van der Waals surface area contributed by atoms with Crippen LogP contribution in [0, 0.1) is 13.8 Å². The van der Waals surface area contributed by atoms with E-state index >= 15 is 0 Å². The fraction of sp³-hybridized carbons (Fsp3) is 0.207. The maximum Gasteiger partial charge on any atom is 0.339 e. The van der Waals surface area contributed by atoms with Gasteiger partial charge in [0.25, 0.3) is 5.91 Å². The predicted molar refractivity (Wildman–Crippen MR) is 142 cm³/mol. The summed E-state index contributed by atoms with van der Waals surface area (Å²) in [7, 11) is 0. The number of carboxylic acids is 1. The number of anilines is 1. The van der Waals surface area contributed by atoms with Crippen molar-refractivity contribution < 1.29 is 19.5 Å². The van der Waals surface area contributed by atoms with E-state index < -0.39 is 5.97 Å². The van der Waals surface area contributed by atoms with Crippen LogP contribution in [0.25, 0.3) is 10.8 Å². The molecule has 0 radical (unpaired) electrons. The van der Waals surface area contributed by atoms with Crippen molar-refractivity contribution in [2.75, 3.05) is 11.9 Å². The maximum atomic E-state index is 13.1. The highest BCUT2D eigenvalue weighted by Gasteiger charge is 2.30. The largest absolute Gasteiger partial charge is 0.478 e. The molecule has 0 unspecified atom stereocenters. The molecule has 2 N–H and O–H groups in total. The smallest absolute Gasteiger partial charge is 0.339 e. The van der Waals surface area contributed by atoms with Crippen molar-refractivity contribution in [3.63, 3.8) is 0 Å². The molecule has 1 aromatic heterocycles. The minimum atomic E-state index is -1.07. The number of carboxylic acid groups (broad SMARTS) is 1. The normalized spacial score (nSPS) is 12.9. The van der Waals surface area contributed by atoms with E-state index in [1.165, 1.54) is 11.3 Å². The van der Waals surface area contributed by atoms with Crippen LogP contribution in [0.2, 0.25) is 0 Å². The Morgan fingerprint density at radius 3 is 2.56 bits per heavy atom. The molecule has 4 aromatic rings. The first kappa shape index (κ1) is 23.8. The second-order valence-electron chi connectivity index (χ2n) is 9.20. The number of aromatic carboxylic acids is 1. The molecule has 0 saturated carbocycles. The molecule has 7 heteroatoms. The summed E-state index contributed by atoms with van der Waals surface area (Å²) in [6, 6.07) is 19.3. The van der Waals surface area contributed by atoms with Crippen molar-refractivity contribution in [2.24, 2.45) is 0 Å². The lowest BCUT2D eigenvalue weighted by atomic mass is 10.00. The summed E-state index contributed by atoms with van der Waals surface area (Å²) < 4.78 is 0. The maximum absolute atomic E-state index is 13.1. The fourth-order valence-corrected chi connectivity index (χ4v) is 5.95. The number of aryl methyl sites for hydroxylation is 2. The Morgan fingerprint density at radius 2 is 1.78 bits per heavy atom. The molecule has 3 aromatic carbocycles. The van der Waals surface area contributed by atoms with Crippen LogP contribution in [0.4, 0.5) is 5.00 Å². The van der Waals surface area contributed by atoms with Crippen LogP contribution >= 0.6 is 11.3 Å². The Bertz CT molecular complexity index is 1520. The standard InChI is InChI=1S/C29H26N2O4S/c1-17-7-8-18(2)22(13-17)15-25(32)31-12-11-23-24(16-31)36-28(26(23)29(34)35)30-27(33)21-10-9-19-5-3-4-6-20(19)14-21/h3-10,13-14H,11-12,15-16H2,1-2H3,(H,30,33)(H,34,35). The molecule has 0 fully saturated rings. The second-order valence-corrected chi connectivity index (χ2v) is 10.3. The summed E-state index contributed by atoms with van der Waals surface area (Å²) in [6.45, 7) is 4.80. The summed E-state index contributed by atoms with van der Waals surface area (Å²) >= 11 is 1.24. The zero-order chi connectivity index (χ0) is 25.4. The van der Waals surface area contributed by atoms with Crippen LogP contribution in [0.3, 0.4) is 0 Å². The SMILES string of the molecule is Cc1ccc(C)c(CC(=O)N2CCc3c(sc(NC(=O)c4ccc5ccccc5c4)c3C(=O)O)C2)c1. The number of carbonyl (C=O) groups excluding carboxylic acids is 2. The van der Waals surface area contributed by atoms with Gasteiger partial charge in [-0.25, -0.2) is 4.79 Å². The van der Waals surface area contributed by atoms with Crippen molar-refractivity contribution >= 4 is 44.9 Å². The number of hydrogen-bond acceptors (Lipinski definition) is 4. The molecule has 36 heavy (non-hydrogen) atoms. The quantitative estimate of drug-likeness (QED) is 0.375. The Kier molecular flexibility index (Phi) is 6.33. The van der Waals surface area contributed by atoms with Crippen molar-refractivity contribution in [1.82, 2.24) is 4.90 Å². The monoisotopic (exact) mass is 498 g/mol. The van der Waals surface area contributed by atoms with Crippen LogP contribution in [0.1, 0.15) is 47.8 Å². The third-order valence-electron chi connectivity index (χ3n) is 6.71. The molecule has 0 spiro atoms. The first-order valence-electron chi connectivity index (χ1n) is 11.8. The van der Waals surface area contributed by atoms with Crippen LogP contribution in [-0.4, -0.2) is 34.3 Å². The summed E-state index contributed by atoms with van der Waals surface area (Å²) in [4.78, 5) is 40.8. The summed E-state index contributed by atoms with van der Waals surface area (Å²) in [6.07, 6.45) is 0.753. The third-order valence-corrected chi connectivity index (χ3v) is 7.84. The number of nitrogens with one attached hydrogen (secondary N) is 1. The molecule has 2 heterocycles. The van der Waals surface area contributed by atoms with Gasteiger partial charge in [-0.2, -0.15) is 0 Å². The number of amides is 2. The molecule has 0 atom stereocenters. The van der Waals surface area contributed by atoms with Gasteiger partial charge >= 0.3 is 5.97 Å². The van der Waals surface area contributed by atoms with E-state index in [0.29, 0.717) is 42.1 Å². The van der Waals surface area contributed by atoms with Crippen LogP contribution in [-0.2, 0) is 24.2 Å². The van der Waals surface area contributed by atoms with Gasteiger partial charge in [-0.05, 0) is 59.9 Å². The van der Waals surface area contributed by atoms with Gasteiger partial charge in [-0.3, -0.25) is 9.59 Å². The molecule has 1 aliphatic heterocycles. The van der Waals surface area contributed by atoms with Crippen molar-refractivity contribution in [3.8, 4) is 0 Å². The molecule has 182 valence electrons. The van der Waals surface area contributed by atoms with Crippen molar-refractivity contribution in [3.05, 3.63) is 98.9 Å². The average Bonchev–Trinajstić information content (AvgIpc) is 3.23. The first-order valence-corrected chi connectivity index (χ1v) is 12.6. The zero-order valence-corrected chi connectivity index (χ0v) is 20.9. The number of hydrogen-bond donors (Lipinski definition) is 2. The highest BCUT2D eigenvalue weighted by molar-refractivity contribution is 7.17. The van der Waals surface area contributed by atoms with Crippen molar-refractivity contribution in [1.29, 1.82) is 0 Å². The van der Waals surface area contributed by atoms with E-state index in [4.69, 9.17) is 0 Å². The third kappa shape index (κ3) is 4.62. The lowest BCUT2D eigenvalue weighted by Gasteiger charge is -2.27. The van der Waals surface area contributed by atoms with Gasteiger partial charge in [0.1, 0.15) is 5.00 Å². The molecular formula is C29H26N2O4S. The van der Waals surface area contributed by atoms with Gasteiger partial charge in [0, 0.05) is 17.0 Å².